The number of carbonyl (C=O) groups excluding carboxylic acids is 3. The van der Waals surface area contributed by atoms with E-state index in [1.54, 1.807) is 11.9 Å². The van der Waals surface area contributed by atoms with Crippen LogP contribution in [0.2, 0.25) is 0 Å². The second-order valence-corrected chi connectivity index (χ2v) is 3.65. The van der Waals surface area contributed by atoms with Gasteiger partial charge in [0, 0.05) is 13.6 Å². The van der Waals surface area contributed by atoms with Crippen molar-refractivity contribution >= 4 is 17.7 Å². The zero-order valence-electron chi connectivity index (χ0n) is 9.16. The summed E-state index contributed by atoms with van der Waals surface area (Å²) in [6.07, 6.45) is 0.603. The average molecular weight is 228 g/mol. The average Bonchev–Trinajstić information content (AvgIpc) is 2.57. The molecule has 1 rings (SSSR count). The minimum absolute atomic E-state index is 0.0986. The maximum absolute atomic E-state index is 11.4. The van der Waals surface area contributed by atoms with E-state index in [1.165, 1.54) is 0 Å². The molecule has 0 bridgehead atoms. The molecular weight excluding hydrogens is 212 g/mol. The highest BCUT2D eigenvalue weighted by Crippen LogP contribution is 2.07. The van der Waals surface area contributed by atoms with E-state index >= 15 is 0 Å². The maximum atomic E-state index is 11.4. The number of hydrogen-bond acceptors (Lipinski definition) is 4. The Kier molecular flexibility index (Phi) is 4.24. The van der Waals surface area contributed by atoms with Crippen LogP contribution < -0.4 is 16.4 Å². The number of likely N-dealkylation sites (N-methyl/N-ethyl adjacent to an activating group) is 1. The third kappa shape index (κ3) is 3.20. The molecule has 7 heteroatoms. The molecule has 0 spiro atoms. The van der Waals surface area contributed by atoms with Crippen molar-refractivity contribution in [2.24, 2.45) is 5.73 Å². The van der Waals surface area contributed by atoms with Crippen molar-refractivity contribution in [1.82, 2.24) is 15.5 Å². The van der Waals surface area contributed by atoms with Gasteiger partial charge in [-0.05, 0) is 6.42 Å². The lowest BCUT2D eigenvalue weighted by atomic mass is 10.2. The molecule has 7 nitrogen and oxygen atoms in total. The fourth-order valence-corrected chi connectivity index (χ4v) is 1.45. The van der Waals surface area contributed by atoms with Crippen LogP contribution in [-0.2, 0) is 14.4 Å². The van der Waals surface area contributed by atoms with Crippen LogP contribution in [-0.4, -0.2) is 55.3 Å². The standard InChI is InChI=1S/C9H16N4O3/c1-13-3-2-6(9(13)16)12-8(15)5-11-7(14)4-10/h6H,2-5,10H2,1H3,(H,11,14)(H,12,15). The summed E-state index contributed by atoms with van der Waals surface area (Å²) in [7, 11) is 1.69. The molecule has 0 aliphatic carbocycles. The first-order chi connectivity index (χ1) is 7.54. The predicted molar refractivity (Wildman–Crippen MR) is 56.2 cm³/mol. The van der Waals surface area contributed by atoms with Gasteiger partial charge in [-0.15, -0.1) is 0 Å². The van der Waals surface area contributed by atoms with E-state index in [4.69, 9.17) is 5.73 Å². The highest BCUT2D eigenvalue weighted by Gasteiger charge is 2.29. The first-order valence-electron chi connectivity index (χ1n) is 5.05. The Balaban J connectivity index is 2.29. The number of amides is 3. The largest absolute Gasteiger partial charge is 0.346 e. The number of nitrogens with one attached hydrogen (secondary N) is 2. The minimum atomic E-state index is -0.465. The molecule has 1 fully saturated rings. The third-order valence-corrected chi connectivity index (χ3v) is 2.39. The first kappa shape index (κ1) is 12.4. The number of rotatable bonds is 4. The van der Waals surface area contributed by atoms with E-state index in [1.807, 2.05) is 0 Å². The van der Waals surface area contributed by atoms with Crippen LogP contribution in [0.5, 0.6) is 0 Å². The molecule has 0 aromatic heterocycles. The van der Waals surface area contributed by atoms with Crippen LogP contribution in [0.15, 0.2) is 0 Å². The smallest absolute Gasteiger partial charge is 0.244 e. The second-order valence-electron chi connectivity index (χ2n) is 3.65. The molecule has 1 unspecified atom stereocenters. The van der Waals surface area contributed by atoms with Crippen LogP contribution in [0.3, 0.4) is 0 Å². The summed E-state index contributed by atoms with van der Waals surface area (Å²) in [6.45, 7) is 0.334. The Morgan fingerprint density at radius 1 is 1.50 bits per heavy atom. The van der Waals surface area contributed by atoms with E-state index in [0.29, 0.717) is 13.0 Å². The van der Waals surface area contributed by atoms with Crippen molar-refractivity contribution in [3.8, 4) is 0 Å². The molecule has 3 amide bonds. The summed E-state index contributed by atoms with van der Waals surface area (Å²) in [5, 5.41) is 4.88. The van der Waals surface area contributed by atoms with Gasteiger partial charge in [0.25, 0.3) is 0 Å². The van der Waals surface area contributed by atoms with Crippen LogP contribution in [0.1, 0.15) is 6.42 Å². The quantitative estimate of drug-likeness (QED) is 0.491. The van der Waals surface area contributed by atoms with Gasteiger partial charge in [0.2, 0.25) is 17.7 Å². The topological polar surface area (TPSA) is 105 Å². The molecule has 90 valence electrons. The summed E-state index contributed by atoms with van der Waals surface area (Å²) >= 11 is 0. The first-order valence-corrected chi connectivity index (χ1v) is 5.05. The maximum Gasteiger partial charge on any atom is 0.244 e. The molecular formula is C9H16N4O3. The van der Waals surface area contributed by atoms with E-state index in [-0.39, 0.29) is 24.9 Å². The van der Waals surface area contributed by atoms with Gasteiger partial charge in [-0.2, -0.15) is 0 Å². The van der Waals surface area contributed by atoms with Crippen molar-refractivity contribution in [1.29, 1.82) is 0 Å². The SMILES string of the molecule is CN1CCC(NC(=O)CNC(=O)CN)C1=O. The summed E-state index contributed by atoms with van der Waals surface area (Å²) in [6, 6.07) is -0.465. The number of nitrogens with two attached hydrogens (primary N) is 1. The Labute approximate surface area is 93.3 Å². The summed E-state index contributed by atoms with van der Waals surface area (Å²) in [5.74, 6) is -0.876. The van der Waals surface area contributed by atoms with Crippen molar-refractivity contribution < 1.29 is 14.4 Å². The molecule has 0 saturated carbocycles. The zero-order chi connectivity index (χ0) is 12.1. The van der Waals surface area contributed by atoms with Crippen molar-refractivity contribution in [2.45, 2.75) is 12.5 Å². The van der Waals surface area contributed by atoms with Crippen LogP contribution in [0, 0.1) is 0 Å². The van der Waals surface area contributed by atoms with E-state index in [2.05, 4.69) is 10.6 Å². The highest BCUT2D eigenvalue weighted by atomic mass is 16.2. The molecule has 0 aromatic carbocycles. The van der Waals surface area contributed by atoms with E-state index in [0.717, 1.165) is 0 Å². The molecule has 1 aliphatic heterocycles. The van der Waals surface area contributed by atoms with Gasteiger partial charge in [-0.25, -0.2) is 0 Å². The highest BCUT2D eigenvalue weighted by molar-refractivity contribution is 5.91. The lowest BCUT2D eigenvalue weighted by Crippen LogP contribution is -2.46. The fraction of sp³-hybridized carbons (Fsp3) is 0.667. The number of nitrogens with zero attached hydrogens (tertiary/aromatic N) is 1. The fourth-order valence-electron chi connectivity index (χ4n) is 1.45. The lowest BCUT2D eigenvalue weighted by molar-refractivity contribution is -0.131. The van der Waals surface area contributed by atoms with E-state index < -0.39 is 11.9 Å². The van der Waals surface area contributed by atoms with Crippen molar-refractivity contribution in [3.63, 3.8) is 0 Å². The van der Waals surface area contributed by atoms with Gasteiger partial charge in [0.05, 0.1) is 13.1 Å². The Hall–Kier alpha value is -1.63. The monoisotopic (exact) mass is 228 g/mol. The second kappa shape index (κ2) is 5.45. The number of carbonyl (C=O) groups is 3. The number of hydrogen-bond donors (Lipinski definition) is 3. The normalized spacial score (nSPS) is 19.8. The lowest BCUT2D eigenvalue weighted by Gasteiger charge is -2.12. The molecule has 0 aromatic rings. The zero-order valence-corrected chi connectivity index (χ0v) is 9.16. The molecule has 0 radical (unpaired) electrons. The molecule has 4 N–H and O–H groups in total. The summed E-state index contributed by atoms with van der Waals surface area (Å²) < 4.78 is 0. The van der Waals surface area contributed by atoms with Crippen LogP contribution in [0.4, 0.5) is 0 Å². The predicted octanol–water partition coefficient (Wildman–Crippen LogP) is -2.59. The van der Waals surface area contributed by atoms with Gasteiger partial charge in [0.15, 0.2) is 0 Å². The minimum Gasteiger partial charge on any atom is -0.346 e. The van der Waals surface area contributed by atoms with Gasteiger partial charge < -0.3 is 21.3 Å². The van der Waals surface area contributed by atoms with Crippen LogP contribution >= 0.6 is 0 Å². The van der Waals surface area contributed by atoms with Crippen LogP contribution in [0.25, 0.3) is 0 Å². The number of likely N-dealkylation sites (tertiary alicyclic amines) is 1. The van der Waals surface area contributed by atoms with Gasteiger partial charge in [0.1, 0.15) is 6.04 Å². The van der Waals surface area contributed by atoms with E-state index in [9.17, 15) is 14.4 Å². The summed E-state index contributed by atoms with van der Waals surface area (Å²) in [4.78, 5) is 35.1. The molecule has 1 heterocycles. The van der Waals surface area contributed by atoms with Gasteiger partial charge >= 0.3 is 0 Å². The molecule has 16 heavy (non-hydrogen) atoms. The third-order valence-electron chi connectivity index (χ3n) is 2.39. The van der Waals surface area contributed by atoms with Gasteiger partial charge in [-0.3, -0.25) is 14.4 Å². The Bertz CT molecular complexity index is 305. The summed E-state index contributed by atoms with van der Waals surface area (Å²) in [5.41, 5.74) is 5.06. The molecule has 1 aliphatic rings. The Morgan fingerprint density at radius 2 is 2.19 bits per heavy atom. The Morgan fingerprint density at radius 3 is 2.69 bits per heavy atom. The van der Waals surface area contributed by atoms with Gasteiger partial charge in [-0.1, -0.05) is 0 Å². The molecule has 1 atom stereocenters. The molecule has 1 saturated heterocycles. The van der Waals surface area contributed by atoms with Crippen molar-refractivity contribution in [3.05, 3.63) is 0 Å². The van der Waals surface area contributed by atoms with Crippen molar-refractivity contribution in [2.75, 3.05) is 26.7 Å².